The number of aromatic nitrogens is 2. The molecule has 0 radical (unpaired) electrons. The maximum atomic E-state index is 10.2. The van der Waals surface area contributed by atoms with E-state index in [-0.39, 0.29) is 0 Å². The van der Waals surface area contributed by atoms with Crippen LogP contribution in [-0.2, 0) is 6.54 Å². The predicted octanol–water partition coefficient (Wildman–Crippen LogP) is 1.66. The lowest BCUT2D eigenvalue weighted by Crippen LogP contribution is -2.35. The third kappa shape index (κ3) is 3.51. The number of hydrogen-bond acceptors (Lipinski definition) is 4. The van der Waals surface area contributed by atoms with E-state index in [1.54, 1.807) is 17.1 Å². The number of anilines is 2. The molecular weight excluding hydrogens is 252 g/mol. The SMILES string of the molecule is CCN(CC(O)Cn1cc(N)cn1)c1ccccc1C. The standard InChI is InChI=1S/C15H22N4O/c1-3-18(15-7-5-4-6-12(15)2)10-14(20)11-19-9-13(16)8-17-19/h4-9,14,20H,3,10-11,16H2,1-2H3. The fourth-order valence-corrected chi connectivity index (χ4v) is 2.32. The summed E-state index contributed by atoms with van der Waals surface area (Å²) in [5.41, 5.74) is 8.61. The van der Waals surface area contributed by atoms with Crippen LogP contribution in [0.3, 0.4) is 0 Å². The van der Waals surface area contributed by atoms with Crippen molar-refractivity contribution in [3.63, 3.8) is 0 Å². The lowest BCUT2D eigenvalue weighted by Gasteiger charge is -2.27. The first-order valence-corrected chi connectivity index (χ1v) is 6.86. The summed E-state index contributed by atoms with van der Waals surface area (Å²) in [7, 11) is 0. The number of aliphatic hydroxyl groups is 1. The largest absolute Gasteiger partial charge is 0.396 e. The van der Waals surface area contributed by atoms with Gasteiger partial charge in [-0.3, -0.25) is 4.68 Å². The Balaban J connectivity index is 2.01. The molecule has 0 aliphatic rings. The van der Waals surface area contributed by atoms with E-state index < -0.39 is 6.10 Å². The summed E-state index contributed by atoms with van der Waals surface area (Å²) in [5, 5.41) is 14.3. The quantitative estimate of drug-likeness (QED) is 0.840. The fourth-order valence-electron chi connectivity index (χ4n) is 2.32. The lowest BCUT2D eigenvalue weighted by molar-refractivity contribution is 0.154. The second-order valence-electron chi connectivity index (χ2n) is 4.97. The first-order chi connectivity index (χ1) is 9.60. The minimum absolute atomic E-state index is 0.444. The van der Waals surface area contributed by atoms with Crippen molar-refractivity contribution in [2.75, 3.05) is 23.7 Å². The summed E-state index contributed by atoms with van der Waals surface area (Å²) >= 11 is 0. The summed E-state index contributed by atoms with van der Waals surface area (Å²) in [5.74, 6) is 0. The van der Waals surface area contributed by atoms with Crippen LogP contribution in [0.1, 0.15) is 12.5 Å². The van der Waals surface area contributed by atoms with Gasteiger partial charge in [-0.05, 0) is 25.5 Å². The Bertz CT molecular complexity index is 552. The number of benzene rings is 1. The second-order valence-corrected chi connectivity index (χ2v) is 4.97. The number of nitrogen functional groups attached to an aromatic ring is 1. The van der Waals surface area contributed by atoms with E-state index in [9.17, 15) is 5.11 Å². The highest BCUT2D eigenvalue weighted by atomic mass is 16.3. The van der Waals surface area contributed by atoms with Gasteiger partial charge in [0.15, 0.2) is 0 Å². The fraction of sp³-hybridized carbons (Fsp3) is 0.400. The smallest absolute Gasteiger partial charge is 0.0910 e. The molecule has 1 atom stereocenters. The van der Waals surface area contributed by atoms with Gasteiger partial charge in [-0.2, -0.15) is 5.10 Å². The highest BCUT2D eigenvalue weighted by Gasteiger charge is 2.13. The van der Waals surface area contributed by atoms with Crippen molar-refractivity contribution in [3.8, 4) is 0 Å². The van der Waals surface area contributed by atoms with E-state index in [1.807, 2.05) is 12.1 Å². The van der Waals surface area contributed by atoms with E-state index in [0.29, 0.717) is 18.8 Å². The van der Waals surface area contributed by atoms with E-state index in [1.165, 1.54) is 5.56 Å². The molecule has 0 bridgehead atoms. The van der Waals surface area contributed by atoms with Gasteiger partial charge in [0.05, 0.1) is 24.5 Å². The molecule has 0 fully saturated rings. The van der Waals surface area contributed by atoms with Gasteiger partial charge < -0.3 is 15.7 Å². The number of likely N-dealkylation sites (N-methyl/N-ethyl adjacent to an activating group) is 1. The Hall–Kier alpha value is -2.01. The molecule has 1 unspecified atom stereocenters. The Labute approximate surface area is 119 Å². The van der Waals surface area contributed by atoms with Crippen molar-refractivity contribution in [2.24, 2.45) is 0 Å². The topological polar surface area (TPSA) is 67.3 Å². The third-order valence-electron chi connectivity index (χ3n) is 3.32. The summed E-state index contributed by atoms with van der Waals surface area (Å²) in [4.78, 5) is 2.17. The first kappa shape index (κ1) is 14.4. The first-order valence-electron chi connectivity index (χ1n) is 6.86. The van der Waals surface area contributed by atoms with E-state index >= 15 is 0 Å². The van der Waals surface area contributed by atoms with Gasteiger partial charge in [0.2, 0.25) is 0 Å². The molecular formula is C15H22N4O. The molecule has 5 heteroatoms. The molecule has 1 aromatic heterocycles. The third-order valence-corrected chi connectivity index (χ3v) is 3.32. The molecule has 5 nitrogen and oxygen atoms in total. The number of hydrogen-bond donors (Lipinski definition) is 2. The number of rotatable bonds is 6. The van der Waals surface area contributed by atoms with Crippen molar-refractivity contribution < 1.29 is 5.11 Å². The Kier molecular flexibility index (Phi) is 4.63. The van der Waals surface area contributed by atoms with Crippen molar-refractivity contribution in [2.45, 2.75) is 26.5 Å². The zero-order chi connectivity index (χ0) is 14.5. The van der Waals surface area contributed by atoms with Gasteiger partial charge in [0.25, 0.3) is 0 Å². The maximum absolute atomic E-state index is 10.2. The molecule has 1 aromatic carbocycles. The van der Waals surface area contributed by atoms with Crippen molar-refractivity contribution in [3.05, 3.63) is 42.2 Å². The molecule has 108 valence electrons. The van der Waals surface area contributed by atoms with Gasteiger partial charge >= 0.3 is 0 Å². The van der Waals surface area contributed by atoms with Crippen LogP contribution in [0.4, 0.5) is 11.4 Å². The second kappa shape index (κ2) is 6.43. The number of para-hydroxylation sites is 1. The highest BCUT2D eigenvalue weighted by Crippen LogP contribution is 2.19. The molecule has 2 aromatic rings. The van der Waals surface area contributed by atoms with Crippen LogP contribution >= 0.6 is 0 Å². The molecule has 0 aliphatic carbocycles. The van der Waals surface area contributed by atoms with Crippen LogP contribution in [-0.4, -0.2) is 34.1 Å². The van der Waals surface area contributed by atoms with Gasteiger partial charge in [-0.15, -0.1) is 0 Å². The molecule has 0 saturated heterocycles. The van der Waals surface area contributed by atoms with Gasteiger partial charge in [0.1, 0.15) is 0 Å². The summed E-state index contributed by atoms with van der Waals surface area (Å²) in [6.07, 6.45) is 2.83. The van der Waals surface area contributed by atoms with Gasteiger partial charge in [-0.1, -0.05) is 18.2 Å². The van der Waals surface area contributed by atoms with Crippen molar-refractivity contribution in [1.82, 2.24) is 9.78 Å². The zero-order valence-electron chi connectivity index (χ0n) is 12.0. The Morgan fingerprint density at radius 2 is 2.15 bits per heavy atom. The Morgan fingerprint density at radius 3 is 2.75 bits per heavy atom. The zero-order valence-corrected chi connectivity index (χ0v) is 12.0. The number of nitrogens with zero attached hydrogens (tertiary/aromatic N) is 3. The molecule has 0 aliphatic heterocycles. The highest BCUT2D eigenvalue weighted by molar-refractivity contribution is 5.52. The van der Waals surface area contributed by atoms with Crippen LogP contribution in [0.5, 0.6) is 0 Å². The van der Waals surface area contributed by atoms with Crippen LogP contribution in [0.25, 0.3) is 0 Å². The number of nitrogens with two attached hydrogens (primary N) is 1. The Morgan fingerprint density at radius 1 is 1.40 bits per heavy atom. The van der Waals surface area contributed by atoms with Crippen molar-refractivity contribution >= 4 is 11.4 Å². The molecule has 3 N–H and O–H groups in total. The van der Waals surface area contributed by atoms with E-state index in [0.717, 1.165) is 12.2 Å². The van der Waals surface area contributed by atoms with Crippen LogP contribution < -0.4 is 10.6 Å². The maximum Gasteiger partial charge on any atom is 0.0910 e. The van der Waals surface area contributed by atoms with Crippen LogP contribution in [0.15, 0.2) is 36.7 Å². The molecule has 1 heterocycles. The summed E-state index contributed by atoms with van der Waals surface area (Å²) < 4.78 is 1.67. The van der Waals surface area contributed by atoms with Gasteiger partial charge in [0, 0.05) is 25.0 Å². The van der Waals surface area contributed by atoms with Crippen molar-refractivity contribution in [1.29, 1.82) is 0 Å². The number of aliphatic hydroxyl groups excluding tert-OH is 1. The summed E-state index contributed by atoms with van der Waals surface area (Å²) in [6, 6.07) is 8.21. The summed E-state index contributed by atoms with van der Waals surface area (Å²) in [6.45, 7) is 6.04. The monoisotopic (exact) mass is 274 g/mol. The molecule has 0 amide bonds. The molecule has 20 heavy (non-hydrogen) atoms. The molecule has 2 rings (SSSR count). The average molecular weight is 274 g/mol. The number of aryl methyl sites for hydroxylation is 1. The van der Waals surface area contributed by atoms with Crippen LogP contribution in [0.2, 0.25) is 0 Å². The van der Waals surface area contributed by atoms with Crippen LogP contribution in [0, 0.1) is 6.92 Å². The average Bonchev–Trinajstić information content (AvgIpc) is 2.82. The van der Waals surface area contributed by atoms with E-state index in [4.69, 9.17) is 5.73 Å². The molecule has 0 spiro atoms. The lowest BCUT2D eigenvalue weighted by atomic mass is 10.1. The molecule has 0 saturated carbocycles. The normalized spacial score (nSPS) is 12.3. The minimum Gasteiger partial charge on any atom is -0.396 e. The van der Waals surface area contributed by atoms with E-state index in [2.05, 4.69) is 36.0 Å². The minimum atomic E-state index is -0.492. The predicted molar refractivity (Wildman–Crippen MR) is 81.7 cm³/mol. The van der Waals surface area contributed by atoms with Gasteiger partial charge in [-0.25, -0.2) is 0 Å².